The van der Waals surface area contributed by atoms with Crippen LogP contribution < -0.4 is 11.0 Å². The fourth-order valence-electron chi connectivity index (χ4n) is 1.98. The molecule has 3 aromatic rings. The number of fused-ring (bicyclic) bond motifs is 1. The van der Waals surface area contributed by atoms with Crippen molar-refractivity contribution in [2.75, 3.05) is 5.32 Å². The lowest BCUT2D eigenvalue weighted by Gasteiger charge is -2.10. The quantitative estimate of drug-likeness (QED) is 0.765. The van der Waals surface area contributed by atoms with Crippen LogP contribution in [0.4, 0.5) is 11.6 Å². The average molecular weight is 269 g/mol. The number of rotatable bonds is 3. The molecule has 6 heteroatoms. The Labute approximate surface area is 115 Å². The van der Waals surface area contributed by atoms with Crippen molar-refractivity contribution in [3.63, 3.8) is 0 Å². The SMILES string of the molecule is CC(C)c1cc2n[nH]c(=O)n2c(Nc2ccccc2)n1. The van der Waals surface area contributed by atoms with Gasteiger partial charge in [0.2, 0.25) is 5.95 Å². The van der Waals surface area contributed by atoms with Crippen LogP contribution in [0.1, 0.15) is 25.5 Å². The Morgan fingerprint density at radius 2 is 2.00 bits per heavy atom. The lowest BCUT2D eigenvalue weighted by Crippen LogP contribution is -2.15. The van der Waals surface area contributed by atoms with E-state index < -0.39 is 0 Å². The highest BCUT2D eigenvalue weighted by Gasteiger charge is 2.12. The number of para-hydroxylation sites is 1. The number of hydrogen-bond acceptors (Lipinski definition) is 4. The van der Waals surface area contributed by atoms with Crippen LogP contribution in [0.3, 0.4) is 0 Å². The number of hydrogen-bond donors (Lipinski definition) is 2. The van der Waals surface area contributed by atoms with E-state index in [0.29, 0.717) is 11.6 Å². The molecular formula is C14H15N5O. The van der Waals surface area contributed by atoms with Crippen molar-refractivity contribution in [2.24, 2.45) is 0 Å². The van der Waals surface area contributed by atoms with Gasteiger partial charge in [-0.1, -0.05) is 32.0 Å². The van der Waals surface area contributed by atoms with Gasteiger partial charge < -0.3 is 5.32 Å². The Kier molecular flexibility index (Phi) is 2.98. The van der Waals surface area contributed by atoms with E-state index in [1.54, 1.807) is 0 Å². The molecule has 0 aliphatic rings. The molecule has 102 valence electrons. The van der Waals surface area contributed by atoms with Crippen molar-refractivity contribution in [3.05, 3.63) is 52.6 Å². The zero-order valence-corrected chi connectivity index (χ0v) is 11.3. The maximum Gasteiger partial charge on any atom is 0.350 e. The Morgan fingerprint density at radius 3 is 2.70 bits per heavy atom. The minimum Gasteiger partial charge on any atom is -0.325 e. The Balaban J connectivity index is 2.16. The summed E-state index contributed by atoms with van der Waals surface area (Å²) >= 11 is 0. The van der Waals surface area contributed by atoms with Crippen molar-refractivity contribution < 1.29 is 0 Å². The molecule has 20 heavy (non-hydrogen) atoms. The summed E-state index contributed by atoms with van der Waals surface area (Å²) < 4.78 is 1.43. The predicted octanol–water partition coefficient (Wildman–Crippen LogP) is 2.28. The van der Waals surface area contributed by atoms with Crippen molar-refractivity contribution in [2.45, 2.75) is 19.8 Å². The van der Waals surface area contributed by atoms with E-state index in [9.17, 15) is 4.79 Å². The molecule has 0 bridgehead atoms. The summed E-state index contributed by atoms with van der Waals surface area (Å²) in [5, 5.41) is 9.62. The van der Waals surface area contributed by atoms with Gasteiger partial charge in [0.15, 0.2) is 5.65 Å². The first-order valence-electron chi connectivity index (χ1n) is 6.45. The van der Waals surface area contributed by atoms with Gasteiger partial charge in [0.1, 0.15) is 0 Å². The minimum atomic E-state index is -0.304. The molecule has 3 rings (SSSR count). The monoisotopic (exact) mass is 269 g/mol. The number of nitrogens with one attached hydrogen (secondary N) is 2. The van der Waals surface area contributed by atoms with Crippen LogP contribution in [0.15, 0.2) is 41.2 Å². The molecular weight excluding hydrogens is 254 g/mol. The van der Waals surface area contributed by atoms with Crippen LogP contribution in [0.2, 0.25) is 0 Å². The fraction of sp³-hybridized carbons (Fsp3) is 0.214. The van der Waals surface area contributed by atoms with E-state index in [1.165, 1.54) is 4.40 Å². The molecule has 2 N–H and O–H groups in total. The molecule has 0 unspecified atom stereocenters. The third-order valence-corrected chi connectivity index (χ3v) is 3.04. The Hall–Kier alpha value is -2.63. The maximum absolute atomic E-state index is 11.8. The molecule has 0 atom stereocenters. The van der Waals surface area contributed by atoms with E-state index in [1.807, 2.05) is 36.4 Å². The summed E-state index contributed by atoms with van der Waals surface area (Å²) in [6, 6.07) is 11.4. The molecule has 2 aromatic heterocycles. The number of aromatic amines is 1. The summed E-state index contributed by atoms with van der Waals surface area (Å²) in [5.74, 6) is 0.722. The first kappa shape index (κ1) is 12.4. The first-order chi connectivity index (χ1) is 9.65. The van der Waals surface area contributed by atoms with Crippen molar-refractivity contribution in [1.29, 1.82) is 0 Å². The summed E-state index contributed by atoms with van der Waals surface area (Å²) in [6.07, 6.45) is 0. The highest BCUT2D eigenvalue weighted by atomic mass is 16.1. The van der Waals surface area contributed by atoms with Gasteiger partial charge in [0.05, 0.1) is 5.69 Å². The lowest BCUT2D eigenvalue weighted by molar-refractivity contribution is 0.813. The average Bonchev–Trinajstić information content (AvgIpc) is 2.82. The molecule has 0 aliphatic heterocycles. The number of aromatic nitrogens is 4. The summed E-state index contributed by atoms with van der Waals surface area (Å²) in [7, 11) is 0. The second-order valence-electron chi connectivity index (χ2n) is 4.87. The number of benzene rings is 1. The highest BCUT2D eigenvalue weighted by molar-refractivity contribution is 5.56. The highest BCUT2D eigenvalue weighted by Crippen LogP contribution is 2.19. The van der Waals surface area contributed by atoms with E-state index in [0.717, 1.165) is 11.4 Å². The second-order valence-corrected chi connectivity index (χ2v) is 4.87. The number of H-pyrrole nitrogens is 1. The molecule has 0 saturated heterocycles. The zero-order chi connectivity index (χ0) is 14.1. The molecule has 1 aromatic carbocycles. The topological polar surface area (TPSA) is 75.1 Å². The number of nitrogens with zero attached hydrogens (tertiary/aromatic N) is 3. The van der Waals surface area contributed by atoms with Crippen LogP contribution in [-0.4, -0.2) is 19.6 Å². The summed E-state index contributed by atoms with van der Waals surface area (Å²) in [6.45, 7) is 4.10. The van der Waals surface area contributed by atoms with Gasteiger partial charge in [-0.3, -0.25) is 0 Å². The zero-order valence-electron chi connectivity index (χ0n) is 11.3. The van der Waals surface area contributed by atoms with Gasteiger partial charge >= 0.3 is 5.69 Å². The molecule has 0 radical (unpaired) electrons. The molecule has 0 amide bonds. The molecule has 0 aliphatic carbocycles. The van der Waals surface area contributed by atoms with Crippen LogP contribution in [-0.2, 0) is 0 Å². The third-order valence-electron chi connectivity index (χ3n) is 3.04. The van der Waals surface area contributed by atoms with Crippen molar-refractivity contribution in [3.8, 4) is 0 Å². The molecule has 0 saturated carbocycles. The Morgan fingerprint density at radius 1 is 1.25 bits per heavy atom. The van der Waals surface area contributed by atoms with Gasteiger partial charge in [-0.2, -0.15) is 5.10 Å². The molecule has 0 fully saturated rings. The van der Waals surface area contributed by atoms with E-state index in [4.69, 9.17) is 0 Å². The van der Waals surface area contributed by atoms with Crippen LogP contribution in [0, 0.1) is 0 Å². The lowest BCUT2D eigenvalue weighted by atomic mass is 10.1. The minimum absolute atomic E-state index is 0.253. The second kappa shape index (κ2) is 4.80. The van der Waals surface area contributed by atoms with Crippen molar-refractivity contribution >= 4 is 17.3 Å². The first-order valence-corrected chi connectivity index (χ1v) is 6.45. The molecule has 0 spiro atoms. The van der Waals surface area contributed by atoms with Gasteiger partial charge in [0, 0.05) is 11.8 Å². The predicted molar refractivity (Wildman–Crippen MR) is 77.4 cm³/mol. The van der Waals surface area contributed by atoms with Crippen LogP contribution in [0.5, 0.6) is 0 Å². The van der Waals surface area contributed by atoms with Crippen LogP contribution >= 0.6 is 0 Å². The molecule has 6 nitrogen and oxygen atoms in total. The van der Waals surface area contributed by atoms with E-state index >= 15 is 0 Å². The normalized spacial score (nSPS) is 11.2. The van der Waals surface area contributed by atoms with Gasteiger partial charge in [-0.05, 0) is 18.1 Å². The summed E-state index contributed by atoms with van der Waals surface area (Å²) in [5.41, 5.74) is 2.01. The van der Waals surface area contributed by atoms with Gasteiger partial charge in [0.25, 0.3) is 0 Å². The van der Waals surface area contributed by atoms with Crippen molar-refractivity contribution in [1.82, 2.24) is 19.6 Å². The summed E-state index contributed by atoms with van der Waals surface area (Å²) in [4.78, 5) is 16.4. The van der Waals surface area contributed by atoms with Gasteiger partial charge in [-0.25, -0.2) is 19.3 Å². The van der Waals surface area contributed by atoms with E-state index in [-0.39, 0.29) is 11.6 Å². The third kappa shape index (κ3) is 2.16. The fourth-order valence-corrected chi connectivity index (χ4v) is 1.98. The largest absolute Gasteiger partial charge is 0.350 e. The smallest absolute Gasteiger partial charge is 0.325 e. The van der Waals surface area contributed by atoms with E-state index in [2.05, 4.69) is 34.3 Å². The number of anilines is 2. The standard InChI is InChI=1S/C14H15N5O/c1-9(2)11-8-12-17-18-14(20)19(12)13(16-11)15-10-6-4-3-5-7-10/h3-9H,1-2H3,(H,15,16)(H,18,20). The maximum atomic E-state index is 11.8. The molecule has 2 heterocycles. The van der Waals surface area contributed by atoms with Gasteiger partial charge in [-0.15, -0.1) is 0 Å². The Bertz CT molecular complexity index is 788. The van der Waals surface area contributed by atoms with Crippen LogP contribution in [0.25, 0.3) is 5.65 Å².